The lowest BCUT2D eigenvalue weighted by Crippen LogP contribution is -2.21. The van der Waals surface area contributed by atoms with Crippen LogP contribution < -0.4 is 16.4 Å². The van der Waals surface area contributed by atoms with Crippen molar-refractivity contribution in [3.8, 4) is 0 Å². The zero-order valence-corrected chi connectivity index (χ0v) is 17.3. The van der Waals surface area contributed by atoms with Gasteiger partial charge in [0.05, 0.1) is 17.4 Å². The number of para-hydroxylation sites is 1. The fraction of sp³-hybridized carbons (Fsp3) is 0.292. The molecule has 1 aliphatic carbocycles. The van der Waals surface area contributed by atoms with Crippen LogP contribution >= 0.6 is 0 Å². The Morgan fingerprint density at radius 3 is 2.45 bits per heavy atom. The van der Waals surface area contributed by atoms with Crippen LogP contribution in [0.2, 0.25) is 0 Å². The minimum absolute atomic E-state index is 0.249. The van der Waals surface area contributed by atoms with Gasteiger partial charge in [-0.3, -0.25) is 0 Å². The Morgan fingerprint density at radius 1 is 1.14 bits per heavy atom. The van der Waals surface area contributed by atoms with Gasteiger partial charge in [0.1, 0.15) is 11.7 Å². The molecule has 0 aliphatic heterocycles. The number of benzene rings is 2. The molecule has 0 bridgehead atoms. The van der Waals surface area contributed by atoms with E-state index >= 15 is 0 Å². The second-order valence-corrected chi connectivity index (χ2v) is 7.20. The third kappa shape index (κ3) is 4.50. The van der Waals surface area contributed by atoms with E-state index in [4.69, 9.17) is 5.73 Å². The molecule has 0 atom stereocenters. The molecule has 5 heteroatoms. The van der Waals surface area contributed by atoms with E-state index in [0.717, 1.165) is 24.1 Å². The number of rotatable bonds is 9. The molecule has 0 unspecified atom stereocenters. The van der Waals surface area contributed by atoms with Gasteiger partial charge in [-0.2, -0.15) is 0 Å². The molecule has 4 N–H and O–H groups in total. The van der Waals surface area contributed by atoms with E-state index in [0.29, 0.717) is 29.3 Å². The highest BCUT2D eigenvalue weighted by Crippen LogP contribution is 2.41. The normalized spacial score (nSPS) is 14.1. The first-order valence-corrected chi connectivity index (χ1v) is 10.1. The second-order valence-electron chi connectivity index (χ2n) is 7.20. The zero-order chi connectivity index (χ0) is 21.0. The maximum atomic E-state index is 14.3. The lowest BCUT2D eigenvalue weighted by molar-refractivity contribution is 0.629. The first-order valence-electron chi connectivity index (χ1n) is 10.1. The van der Waals surface area contributed by atoms with Crippen molar-refractivity contribution < 1.29 is 4.39 Å². The van der Waals surface area contributed by atoms with Crippen LogP contribution in [0, 0.1) is 5.82 Å². The highest BCUT2D eigenvalue weighted by molar-refractivity contribution is 6.00. The van der Waals surface area contributed by atoms with Gasteiger partial charge in [0, 0.05) is 23.4 Å². The molecule has 0 heterocycles. The van der Waals surface area contributed by atoms with Gasteiger partial charge in [-0.25, -0.2) is 9.38 Å². The molecule has 2 aromatic carbocycles. The first kappa shape index (κ1) is 20.6. The Morgan fingerprint density at radius 2 is 1.83 bits per heavy atom. The van der Waals surface area contributed by atoms with Gasteiger partial charge in [-0.05, 0) is 37.0 Å². The Kier molecular flexibility index (Phi) is 6.37. The van der Waals surface area contributed by atoms with Crippen LogP contribution in [0.5, 0.6) is 0 Å². The predicted molar refractivity (Wildman–Crippen MR) is 120 cm³/mol. The van der Waals surface area contributed by atoms with E-state index in [1.54, 1.807) is 12.1 Å². The number of nitrogens with two attached hydrogens (primary N) is 1. The SMILES string of the molecule is C=C(N=C(N)/C(C)=C(/CC)NC1c2ccccc21)c1cccc(F)c1NCCC. The molecule has 152 valence electrons. The highest BCUT2D eigenvalue weighted by Gasteiger charge is 2.32. The molecule has 0 amide bonds. The van der Waals surface area contributed by atoms with Crippen molar-refractivity contribution >= 4 is 17.2 Å². The summed E-state index contributed by atoms with van der Waals surface area (Å²) >= 11 is 0. The molecule has 0 saturated heterocycles. The van der Waals surface area contributed by atoms with Crippen molar-refractivity contribution in [1.82, 2.24) is 5.32 Å². The number of anilines is 1. The average Bonchev–Trinajstić information content (AvgIpc) is 3.43. The summed E-state index contributed by atoms with van der Waals surface area (Å²) in [5.41, 5.74) is 12.3. The summed E-state index contributed by atoms with van der Waals surface area (Å²) in [7, 11) is 0. The molecular formula is C24H29FN4. The van der Waals surface area contributed by atoms with Crippen LogP contribution in [-0.4, -0.2) is 12.4 Å². The molecule has 3 rings (SSSR count). The molecule has 4 nitrogen and oxygen atoms in total. The maximum absolute atomic E-state index is 14.3. The summed E-state index contributed by atoms with van der Waals surface area (Å²) in [6.07, 6.45) is 1.70. The lowest BCUT2D eigenvalue weighted by atomic mass is 10.1. The van der Waals surface area contributed by atoms with Crippen molar-refractivity contribution in [2.45, 2.75) is 39.7 Å². The Labute approximate surface area is 172 Å². The standard InChI is InChI=1S/C24H29FN4/c1-5-14-27-23-17(12-9-13-20(23)25)16(4)28-24(26)15(3)21(6-2)29-22-18-10-7-8-11-19(18)22/h7-13,22,27,29H,4-6,14H2,1-3H3,(H2,26,28)/b21-15-. The van der Waals surface area contributed by atoms with E-state index in [1.165, 1.54) is 17.2 Å². The molecule has 0 fully saturated rings. The van der Waals surface area contributed by atoms with Crippen LogP contribution in [-0.2, 0) is 0 Å². The largest absolute Gasteiger partial charge is 0.383 e. The molecular weight excluding hydrogens is 363 g/mol. The summed E-state index contributed by atoms with van der Waals surface area (Å²) in [6.45, 7) is 10.8. The second kappa shape index (κ2) is 8.95. The van der Waals surface area contributed by atoms with E-state index in [-0.39, 0.29) is 11.9 Å². The van der Waals surface area contributed by atoms with Gasteiger partial charge < -0.3 is 16.4 Å². The van der Waals surface area contributed by atoms with Gasteiger partial charge in [-0.15, -0.1) is 0 Å². The molecule has 2 aromatic rings. The lowest BCUT2D eigenvalue weighted by Gasteiger charge is -2.15. The van der Waals surface area contributed by atoms with Crippen LogP contribution in [0.3, 0.4) is 0 Å². The molecule has 0 saturated carbocycles. The Bertz CT molecular complexity index is 952. The molecule has 0 spiro atoms. The fourth-order valence-corrected chi connectivity index (χ4v) is 3.40. The number of allylic oxidation sites excluding steroid dienone is 1. The number of halogens is 1. The average molecular weight is 393 g/mol. The summed E-state index contributed by atoms with van der Waals surface area (Å²) in [5.74, 6) is 0.0651. The third-order valence-electron chi connectivity index (χ3n) is 5.18. The number of fused-ring (bicyclic) bond motifs is 1. The van der Waals surface area contributed by atoms with E-state index in [9.17, 15) is 4.39 Å². The van der Waals surface area contributed by atoms with Crippen molar-refractivity contribution in [2.75, 3.05) is 11.9 Å². The van der Waals surface area contributed by atoms with Crippen molar-refractivity contribution in [1.29, 1.82) is 0 Å². The topological polar surface area (TPSA) is 62.4 Å². The minimum Gasteiger partial charge on any atom is -0.383 e. The summed E-state index contributed by atoms with van der Waals surface area (Å²) in [4.78, 5) is 4.50. The summed E-state index contributed by atoms with van der Waals surface area (Å²) in [6, 6.07) is 13.5. The van der Waals surface area contributed by atoms with Crippen molar-refractivity contribution in [3.05, 3.63) is 82.8 Å². The third-order valence-corrected chi connectivity index (χ3v) is 5.18. The summed E-state index contributed by atoms with van der Waals surface area (Å²) in [5, 5.41) is 6.69. The molecule has 1 aliphatic rings. The van der Waals surface area contributed by atoms with Crippen LogP contribution in [0.15, 0.2) is 65.3 Å². The quantitative estimate of drug-likeness (QED) is 0.398. The maximum Gasteiger partial charge on any atom is 0.146 e. The summed E-state index contributed by atoms with van der Waals surface area (Å²) < 4.78 is 14.3. The van der Waals surface area contributed by atoms with Crippen molar-refractivity contribution in [3.63, 3.8) is 0 Å². The number of nitrogens with one attached hydrogen (secondary N) is 2. The number of hydrogen-bond acceptors (Lipinski definition) is 3. The van der Waals surface area contributed by atoms with Crippen LogP contribution in [0.1, 0.15) is 56.3 Å². The molecule has 0 radical (unpaired) electrons. The number of hydrogen-bond donors (Lipinski definition) is 3. The van der Waals surface area contributed by atoms with Gasteiger partial charge in [0.2, 0.25) is 0 Å². The minimum atomic E-state index is -0.319. The Hall–Kier alpha value is -3.08. The zero-order valence-electron chi connectivity index (χ0n) is 17.3. The van der Waals surface area contributed by atoms with Gasteiger partial charge >= 0.3 is 0 Å². The molecule has 0 aromatic heterocycles. The van der Waals surface area contributed by atoms with E-state index < -0.39 is 0 Å². The van der Waals surface area contributed by atoms with Crippen LogP contribution in [0.4, 0.5) is 10.1 Å². The van der Waals surface area contributed by atoms with Gasteiger partial charge in [0.15, 0.2) is 0 Å². The van der Waals surface area contributed by atoms with E-state index in [2.05, 4.69) is 41.3 Å². The molecule has 29 heavy (non-hydrogen) atoms. The van der Waals surface area contributed by atoms with Gasteiger partial charge in [0.25, 0.3) is 0 Å². The van der Waals surface area contributed by atoms with Crippen molar-refractivity contribution in [2.24, 2.45) is 10.7 Å². The Balaban J connectivity index is 1.81. The first-order chi connectivity index (χ1) is 14.0. The number of amidine groups is 1. The smallest absolute Gasteiger partial charge is 0.146 e. The predicted octanol–water partition coefficient (Wildman–Crippen LogP) is 5.35. The number of aliphatic imine (C=N–C) groups is 1. The van der Waals surface area contributed by atoms with E-state index in [1.807, 2.05) is 26.0 Å². The highest BCUT2D eigenvalue weighted by atomic mass is 19.1. The number of nitrogens with zero attached hydrogens (tertiary/aromatic N) is 1. The van der Waals surface area contributed by atoms with Crippen LogP contribution in [0.25, 0.3) is 5.70 Å². The van der Waals surface area contributed by atoms with Gasteiger partial charge in [-0.1, -0.05) is 56.8 Å². The fourth-order valence-electron chi connectivity index (χ4n) is 3.40. The monoisotopic (exact) mass is 392 g/mol.